The van der Waals surface area contributed by atoms with Gasteiger partial charge in [0.1, 0.15) is 22.3 Å². The fourth-order valence-electron chi connectivity index (χ4n) is 1.54. The molecule has 0 fully saturated rings. The van der Waals surface area contributed by atoms with Gasteiger partial charge in [0.25, 0.3) is 0 Å². The zero-order valence-corrected chi connectivity index (χ0v) is 11.7. The summed E-state index contributed by atoms with van der Waals surface area (Å²) in [6.45, 7) is 1.67. The molecule has 0 aliphatic carbocycles. The van der Waals surface area contributed by atoms with Crippen LogP contribution in [0, 0.1) is 12.7 Å². The van der Waals surface area contributed by atoms with Crippen molar-refractivity contribution < 1.29 is 9.13 Å². The number of aryl methyl sites for hydroxylation is 1. The molecule has 0 unspecified atom stereocenters. The molecule has 0 heterocycles. The highest BCUT2D eigenvalue weighted by molar-refractivity contribution is 7.80. The van der Waals surface area contributed by atoms with Crippen LogP contribution < -0.4 is 10.5 Å². The van der Waals surface area contributed by atoms with Crippen LogP contribution in [0.25, 0.3) is 0 Å². The smallest absolute Gasteiger partial charge is 0.146 e. The van der Waals surface area contributed by atoms with Crippen molar-refractivity contribution in [2.75, 3.05) is 0 Å². The SMILES string of the molecule is Cc1cc(Oc2ccc(C(N)=S)cc2Cl)ccc1F. The van der Waals surface area contributed by atoms with E-state index in [0.29, 0.717) is 27.6 Å². The van der Waals surface area contributed by atoms with Crippen LogP contribution in [-0.4, -0.2) is 4.99 Å². The summed E-state index contributed by atoms with van der Waals surface area (Å²) in [5.74, 6) is 0.707. The maximum Gasteiger partial charge on any atom is 0.146 e. The minimum absolute atomic E-state index is 0.270. The van der Waals surface area contributed by atoms with E-state index in [-0.39, 0.29) is 10.8 Å². The number of benzene rings is 2. The topological polar surface area (TPSA) is 35.2 Å². The predicted molar refractivity (Wildman–Crippen MR) is 78.6 cm³/mol. The monoisotopic (exact) mass is 295 g/mol. The Labute approximate surface area is 120 Å². The minimum atomic E-state index is -0.276. The number of thiocarbonyl (C=S) groups is 1. The highest BCUT2D eigenvalue weighted by atomic mass is 35.5. The van der Waals surface area contributed by atoms with Gasteiger partial charge in [0.15, 0.2) is 0 Å². The normalized spacial score (nSPS) is 10.3. The van der Waals surface area contributed by atoms with Crippen molar-refractivity contribution in [3.63, 3.8) is 0 Å². The van der Waals surface area contributed by atoms with Crippen LogP contribution in [0.1, 0.15) is 11.1 Å². The van der Waals surface area contributed by atoms with Gasteiger partial charge < -0.3 is 10.5 Å². The molecule has 0 aliphatic rings. The Bertz CT molecular complexity index is 645. The molecule has 0 aliphatic heterocycles. The average molecular weight is 296 g/mol. The van der Waals surface area contributed by atoms with Gasteiger partial charge in [-0.15, -0.1) is 0 Å². The van der Waals surface area contributed by atoms with Gasteiger partial charge in [0.05, 0.1) is 5.02 Å². The zero-order valence-electron chi connectivity index (χ0n) is 10.1. The summed E-state index contributed by atoms with van der Waals surface area (Å²) in [7, 11) is 0. The first-order chi connectivity index (χ1) is 8.97. The molecule has 2 aromatic rings. The molecule has 2 nitrogen and oxygen atoms in total. The first-order valence-corrected chi connectivity index (χ1v) is 6.29. The summed E-state index contributed by atoms with van der Waals surface area (Å²) in [4.78, 5) is 0.270. The molecule has 0 bridgehead atoms. The molecular formula is C14H11ClFNOS. The maximum atomic E-state index is 13.1. The molecule has 0 atom stereocenters. The molecule has 0 aromatic heterocycles. The molecule has 0 amide bonds. The summed E-state index contributed by atoms with van der Waals surface area (Å²) >= 11 is 10.9. The third kappa shape index (κ3) is 3.22. The molecule has 19 heavy (non-hydrogen) atoms. The molecular weight excluding hydrogens is 285 g/mol. The van der Waals surface area contributed by atoms with Crippen LogP contribution in [-0.2, 0) is 0 Å². The fourth-order valence-corrected chi connectivity index (χ4v) is 1.89. The average Bonchev–Trinajstić information content (AvgIpc) is 2.36. The van der Waals surface area contributed by atoms with E-state index in [2.05, 4.69) is 0 Å². The first kappa shape index (κ1) is 13.8. The Kier molecular flexibility index (Phi) is 4.02. The van der Waals surface area contributed by atoms with Crippen LogP contribution in [0.3, 0.4) is 0 Å². The van der Waals surface area contributed by atoms with Crippen molar-refractivity contribution in [2.45, 2.75) is 6.92 Å². The number of hydrogen-bond donors (Lipinski definition) is 1. The standard InChI is InChI=1S/C14H11ClFNOS/c1-8-6-10(3-4-12(8)16)18-13-5-2-9(14(17)19)7-11(13)15/h2-7H,1H3,(H2,17,19). The van der Waals surface area contributed by atoms with Crippen LogP contribution in [0.4, 0.5) is 4.39 Å². The van der Waals surface area contributed by atoms with E-state index in [9.17, 15) is 4.39 Å². The van der Waals surface area contributed by atoms with E-state index in [0.717, 1.165) is 0 Å². The molecule has 0 spiro atoms. The Morgan fingerprint density at radius 3 is 2.58 bits per heavy atom. The van der Waals surface area contributed by atoms with Crippen molar-refractivity contribution in [1.82, 2.24) is 0 Å². The molecule has 2 rings (SSSR count). The van der Waals surface area contributed by atoms with Gasteiger partial charge in [0.2, 0.25) is 0 Å². The third-order valence-electron chi connectivity index (χ3n) is 2.57. The number of ether oxygens (including phenoxy) is 1. The zero-order chi connectivity index (χ0) is 14.0. The molecule has 2 aromatic carbocycles. The Morgan fingerprint density at radius 1 is 1.26 bits per heavy atom. The van der Waals surface area contributed by atoms with E-state index < -0.39 is 0 Å². The Hall–Kier alpha value is -1.65. The number of hydrogen-bond acceptors (Lipinski definition) is 2. The van der Waals surface area contributed by atoms with Crippen molar-refractivity contribution >= 4 is 28.8 Å². The molecule has 2 N–H and O–H groups in total. The van der Waals surface area contributed by atoms with E-state index in [1.165, 1.54) is 6.07 Å². The van der Waals surface area contributed by atoms with Gasteiger partial charge in [-0.2, -0.15) is 0 Å². The lowest BCUT2D eigenvalue weighted by atomic mass is 10.2. The maximum absolute atomic E-state index is 13.1. The fraction of sp³-hybridized carbons (Fsp3) is 0.0714. The van der Waals surface area contributed by atoms with Gasteiger partial charge in [0, 0.05) is 5.56 Å². The summed E-state index contributed by atoms with van der Waals surface area (Å²) in [6.07, 6.45) is 0. The summed E-state index contributed by atoms with van der Waals surface area (Å²) in [5, 5.41) is 0.396. The summed E-state index contributed by atoms with van der Waals surface area (Å²) in [6, 6.07) is 9.53. The second-order valence-electron chi connectivity index (χ2n) is 4.02. The molecule has 0 saturated heterocycles. The lowest BCUT2D eigenvalue weighted by Gasteiger charge is -2.09. The van der Waals surface area contributed by atoms with Crippen molar-refractivity contribution in [1.29, 1.82) is 0 Å². The minimum Gasteiger partial charge on any atom is -0.456 e. The van der Waals surface area contributed by atoms with Crippen molar-refractivity contribution in [3.8, 4) is 11.5 Å². The van der Waals surface area contributed by atoms with Gasteiger partial charge in [-0.05, 0) is 48.9 Å². The number of rotatable bonds is 3. The van der Waals surface area contributed by atoms with Crippen LogP contribution in [0.5, 0.6) is 11.5 Å². The first-order valence-electron chi connectivity index (χ1n) is 5.51. The summed E-state index contributed by atoms with van der Waals surface area (Å²) in [5.41, 5.74) is 6.69. The Balaban J connectivity index is 2.28. The second kappa shape index (κ2) is 5.55. The molecule has 0 radical (unpaired) electrons. The molecule has 5 heteroatoms. The van der Waals surface area contributed by atoms with Crippen molar-refractivity contribution in [2.24, 2.45) is 5.73 Å². The van der Waals surface area contributed by atoms with Crippen LogP contribution in [0.2, 0.25) is 5.02 Å². The predicted octanol–water partition coefficient (Wildman–Crippen LogP) is 4.21. The number of halogens is 2. The van der Waals surface area contributed by atoms with Gasteiger partial charge in [-0.1, -0.05) is 23.8 Å². The largest absolute Gasteiger partial charge is 0.456 e. The highest BCUT2D eigenvalue weighted by Gasteiger charge is 2.07. The lowest BCUT2D eigenvalue weighted by Crippen LogP contribution is -2.08. The second-order valence-corrected chi connectivity index (χ2v) is 4.87. The van der Waals surface area contributed by atoms with E-state index >= 15 is 0 Å². The van der Waals surface area contributed by atoms with Gasteiger partial charge in [-0.3, -0.25) is 0 Å². The van der Waals surface area contributed by atoms with E-state index in [4.69, 9.17) is 34.3 Å². The molecule has 0 saturated carbocycles. The molecule has 98 valence electrons. The quantitative estimate of drug-likeness (QED) is 0.861. The number of nitrogens with two attached hydrogens (primary N) is 1. The van der Waals surface area contributed by atoms with E-state index in [1.807, 2.05) is 0 Å². The summed E-state index contributed by atoms with van der Waals surface area (Å²) < 4.78 is 18.7. The van der Waals surface area contributed by atoms with Gasteiger partial charge >= 0.3 is 0 Å². The van der Waals surface area contributed by atoms with Gasteiger partial charge in [-0.25, -0.2) is 4.39 Å². The van der Waals surface area contributed by atoms with E-state index in [1.54, 1.807) is 37.3 Å². The lowest BCUT2D eigenvalue weighted by molar-refractivity contribution is 0.480. The Morgan fingerprint density at radius 2 is 2.00 bits per heavy atom. The third-order valence-corrected chi connectivity index (χ3v) is 3.10. The highest BCUT2D eigenvalue weighted by Crippen LogP contribution is 2.30. The van der Waals surface area contributed by atoms with Crippen LogP contribution in [0.15, 0.2) is 36.4 Å². The van der Waals surface area contributed by atoms with Crippen LogP contribution >= 0.6 is 23.8 Å². The van der Waals surface area contributed by atoms with Crippen molar-refractivity contribution in [3.05, 3.63) is 58.4 Å².